The summed E-state index contributed by atoms with van der Waals surface area (Å²) in [6.45, 7) is 3.36. The number of rotatable bonds is 6. The summed E-state index contributed by atoms with van der Waals surface area (Å²) in [6.07, 6.45) is 0. The van der Waals surface area contributed by atoms with Crippen molar-refractivity contribution in [2.45, 2.75) is 25.3 Å². The Kier molecular flexibility index (Phi) is 5.06. The van der Waals surface area contributed by atoms with Gasteiger partial charge in [0.15, 0.2) is 0 Å². The van der Waals surface area contributed by atoms with Crippen LogP contribution in [0, 0.1) is 13.8 Å². The van der Waals surface area contributed by atoms with Gasteiger partial charge in [0.25, 0.3) is 0 Å². The third-order valence-electron chi connectivity index (χ3n) is 3.84. The fraction of sp³-hybridized carbons (Fsp3) is 0.222. The van der Waals surface area contributed by atoms with Crippen LogP contribution in [0.15, 0.2) is 51.8 Å². The van der Waals surface area contributed by atoms with E-state index in [1.807, 2.05) is 30.3 Å². The molecule has 1 N–H and O–H groups in total. The van der Waals surface area contributed by atoms with Crippen molar-refractivity contribution in [3.8, 4) is 17.2 Å². The second-order valence-electron chi connectivity index (χ2n) is 5.78. The number of nitrogens with zero attached hydrogens (tertiary/aromatic N) is 2. The molecule has 0 bridgehead atoms. The van der Waals surface area contributed by atoms with Crippen LogP contribution in [0.4, 0.5) is 0 Å². The number of aryl methyl sites for hydroxylation is 2. The van der Waals surface area contributed by atoms with E-state index in [0.717, 1.165) is 5.56 Å². The first-order valence-corrected chi connectivity index (χ1v) is 9.42. The van der Waals surface area contributed by atoms with Gasteiger partial charge in [-0.05, 0) is 49.2 Å². The predicted molar refractivity (Wildman–Crippen MR) is 96.2 cm³/mol. The van der Waals surface area contributed by atoms with E-state index in [9.17, 15) is 8.42 Å². The number of sulfonamides is 1. The lowest BCUT2D eigenvalue weighted by molar-refractivity contribution is 0.413. The average Bonchev–Trinajstić information content (AvgIpc) is 3.09. The molecular weight excluding hydrogens is 354 g/mol. The molecule has 0 aliphatic heterocycles. The largest absolute Gasteiger partial charge is 0.497 e. The molecule has 0 unspecified atom stereocenters. The molecule has 0 aliphatic rings. The van der Waals surface area contributed by atoms with Crippen molar-refractivity contribution in [1.29, 1.82) is 0 Å². The molecule has 3 aromatic rings. The van der Waals surface area contributed by atoms with Crippen molar-refractivity contribution in [3.63, 3.8) is 0 Å². The molecule has 0 saturated carbocycles. The Labute approximate surface area is 152 Å². The lowest BCUT2D eigenvalue weighted by Crippen LogP contribution is -2.25. The van der Waals surface area contributed by atoms with Crippen LogP contribution in [0.3, 0.4) is 0 Å². The van der Waals surface area contributed by atoms with E-state index in [4.69, 9.17) is 9.15 Å². The van der Waals surface area contributed by atoms with Gasteiger partial charge in [0, 0.05) is 5.56 Å². The first-order valence-electron chi connectivity index (χ1n) is 7.93. The van der Waals surface area contributed by atoms with E-state index < -0.39 is 10.0 Å². The van der Waals surface area contributed by atoms with Crippen molar-refractivity contribution in [3.05, 3.63) is 59.5 Å². The molecule has 0 aliphatic carbocycles. The summed E-state index contributed by atoms with van der Waals surface area (Å²) in [5.41, 5.74) is 1.98. The summed E-state index contributed by atoms with van der Waals surface area (Å²) in [4.78, 5) is 0.223. The second-order valence-corrected chi connectivity index (χ2v) is 7.49. The van der Waals surface area contributed by atoms with Crippen molar-refractivity contribution < 1.29 is 17.6 Å². The zero-order chi connectivity index (χ0) is 18.7. The van der Waals surface area contributed by atoms with Crippen LogP contribution in [0.25, 0.3) is 11.5 Å². The summed E-state index contributed by atoms with van der Waals surface area (Å²) in [5, 5.41) is 7.85. The topological polar surface area (TPSA) is 94.3 Å². The quantitative estimate of drug-likeness (QED) is 0.714. The van der Waals surface area contributed by atoms with Gasteiger partial charge in [0.05, 0.1) is 18.6 Å². The predicted octanol–water partition coefficient (Wildman–Crippen LogP) is 2.84. The fourth-order valence-corrected chi connectivity index (χ4v) is 4.13. The van der Waals surface area contributed by atoms with Gasteiger partial charge in [-0.1, -0.05) is 18.2 Å². The molecule has 2 aromatic carbocycles. The van der Waals surface area contributed by atoms with Gasteiger partial charge in [-0.2, -0.15) is 0 Å². The van der Waals surface area contributed by atoms with E-state index in [2.05, 4.69) is 14.9 Å². The van der Waals surface area contributed by atoms with Crippen molar-refractivity contribution >= 4 is 10.0 Å². The molecule has 136 valence electrons. The molecule has 1 heterocycles. The van der Waals surface area contributed by atoms with E-state index in [-0.39, 0.29) is 17.3 Å². The van der Waals surface area contributed by atoms with Gasteiger partial charge in [-0.25, -0.2) is 13.1 Å². The number of benzene rings is 2. The number of methoxy groups -OCH3 is 1. The van der Waals surface area contributed by atoms with Gasteiger partial charge in [-0.15, -0.1) is 10.2 Å². The highest BCUT2D eigenvalue weighted by atomic mass is 32.2. The van der Waals surface area contributed by atoms with Crippen LogP contribution < -0.4 is 9.46 Å². The first kappa shape index (κ1) is 18.1. The third kappa shape index (κ3) is 3.76. The zero-order valence-corrected chi connectivity index (χ0v) is 15.5. The summed E-state index contributed by atoms with van der Waals surface area (Å²) >= 11 is 0. The Morgan fingerprint density at radius 1 is 1.08 bits per heavy atom. The lowest BCUT2D eigenvalue weighted by atomic mass is 10.1. The van der Waals surface area contributed by atoms with Crippen LogP contribution in [-0.2, 0) is 16.6 Å². The minimum Gasteiger partial charge on any atom is -0.497 e. The number of nitrogens with one attached hydrogen (secondary N) is 1. The van der Waals surface area contributed by atoms with Crippen LogP contribution >= 0.6 is 0 Å². The van der Waals surface area contributed by atoms with Gasteiger partial charge < -0.3 is 9.15 Å². The monoisotopic (exact) mass is 373 g/mol. The van der Waals surface area contributed by atoms with Crippen molar-refractivity contribution in [1.82, 2.24) is 14.9 Å². The normalized spacial score (nSPS) is 11.5. The van der Waals surface area contributed by atoms with Crippen LogP contribution in [0.2, 0.25) is 0 Å². The number of hydrogen-bond acceptors (Lipinski definition) is 6. The SMILES string of the molecule is COc1cc(C)c(S(=O)(=O)NCc2nnc(-c3ccccc3)o2)c(C)c1. The molecule has 0 saturated heterocycles. The van der Waals surface area contributed by atoms with E-state index in [1.54, 1.807) is 33.1 Å². The van der Waals surface area contributed by atoms with Crippen molar-refractivity contribution in [2.24, 2.45) is 0 Å². The van der Waals surface area contributed by atoms with E-state index in [0.29, 0.717) is 22.8 Å². The molecule has 0 fully saturated rings. The van der Waals surface area contributed by atoms with Gasteiger partial charge >= 0.3 is 0 Å². The maximum atomic E-state index is 12.7. The molecular formula is C18H19N3O4S. The molecule has 0 amide bonds. The Bertz CT molecular complexity index is 991. The number of hydrogen-bond donors (Lipinski definition) is 1. The maximum Gasteiger partial charge on any atom is 0.247 e. The standard InChI is InChI=1S/C18H19N3O4S/c1-12-9-15(24-3)10-13(2)17(12)26(22,23)19-11-16-20-21-18(25-16)14-7-5-4-6-8-14/h4-10,19H,11H2,1-3H3. The Morgan fingerprint density at radius 3 is 2.35 bits per heavy atom. The highest BCUT2D eigenvalue weighted by Crippen LogP contribution is 2.25. The summed E-state index contributed by atoms with van der Waals surface area (Å²) in [6, 6.07) is 12.6. The highest BCUT2D eigenvalue weighted by molar-refractivity contribution is 7.89. The van der Waals surface area contributed by atoms with E-state index in [1.165, 1.54) is 0 Å². The summed E-state index contributed by atoms with van der Waals surface area (Å²) < 4.78 is 38.6. The van der Waals surface area contributed by atoms with Crippen LogP contribution in [0.5, 0.6) is 5.75 Å². The minimum absolute atomic E-state index is 0.0902. The van der Waals surface area contributed by atoms with E-state index >= 15 is 0 Å². The molecule has 3 rings (SSSR count). The Morgan fingerprint density at radius 2 is 1.73 bits per heavy atom. The smallest absolute Gasteiger partial charge is 0.247 e. The van der Waals surface area contributed by atoms with Crippen LogP contribution in [-0.4, -0.2) is 25.7 Å². The Balaban J connectivity index is 1.79. The average molecular weight is 373 g/mol. The highest BCUT2D eigenvalue weighted by Gasteiger charge is 2.21. The number of ether oxygens (including phenoxy) is 1. The molecule has 0 radical (unpaired) electrons. The molecule has 0 spiro atoms. The molecule has 26 heavy (non-hydrogen) atoms. The first-order chi connectivity index (χ1) is 12.4. The third-order valence-corrected chi connectivity index (χ3v) is 5.55. The molecule has 7 nitrogen and oxygen atoms in total. The molecule has 0 atom stereocenters. The molecule has 8 heteroatoms. The van der Waals surface area contributed by atoms with Gasteiger partial charge in [0.2, 0.25) is 21.8 Å². The lowest BCUT2D eigenvalue weighted by Gasteiger charge is -2.13. The minimum atomic E-state index is -3.73. The second kappa shape index (κ2) is 7.27. The van der Waals surface area contributed by atoms with Gasteiger partial charge in [-0.3, -0.25) is 0 Å². The van der Waals surface area contributed by atoms with Crippen LogP contribution in [0.1, 0.15) is 17.0 Å². The zero-order valence-electron chi connectivity index (χ0n) is 14.7. The Hall–Kier alpha value is -2.71. The summed E-state index contributed by atoms with van der Waals surface area (Å²) in [7, 11) is -2.19. The maximum absolute atomic E-state index is 12.7. The summed E-state index contributed by atoms with van der Waals surface area (Å²) in [5.74, 6) is 1.15. The molecule has 1 aromatic heterocycles. The number of aromatic nitrogens is 2. The fourth-order valence-electron chi connectivity index (χ4n) is 2.70. The van der Waals surface area contributed by atoms with Gasteiger partial charge in [0.1, 0.15) is 5.75 Å². The van der Waals surface area contributed by atoms with Crippen molar-refractivity contribution in [2.75, 3.05) is 7.11 Å².